The van der Waals surface area contributed by atoms with Crippen LogP contribution in [0.2, 0.25) is 0 Å². The van der Waals surface area contributed by atoms with Crippen LogP contribution in [-0.2, 0) is 16.6 Å². The molecule has 2 aromatic rings. The van der Waals surface area contributed by atoms with Crippen molar-refractivity contribution in [1.82, 2.24) is 14.9 Å². The smallest absolute Gasteiger partial charge is 0.244 e. The Bertz CT molecular complexity index is 725. The number of aromatic nitrogens is 2. The molecule has 2 rings (SSSR count). The minimum atomic E-state index is -3.68. The molecule has 21 heavy (non-hydrogen) atoms. The summed E-state index contributed by atoms with van der Waals surface area (Å²) in [5, 5.41) is 6.58. The molecule has 1 aromatic carbocycles. The number of hydrogen-bond donors (Lipinski definition) is 3. The Morgan fingerprint density at radius 1 is 1.38 bits per heavy atom. The monoisotopic (exact) mass is 372 g/mol. The van der Waals surface area contributed by atoms with E-state index >= 15 is 0 Å². The summed E-state index contributed by atoms with van der Waals surface area (Å²) in [5.41, 5.74) is 7.23. The molecule has 8 heteroatoms. The molecule has 0 bridgehead atoms. The van der Waals surface area contributed by atoms with E-state index in [1.54, 1.807) is 13.8 Å². The Morgan fingerprint density at radius 3 is 2.57 bits per heavy atom. The molecule has 0 spiro atoms. The lowest BCUT2D eigenvalue weighted by Crippen LogP contribution is -2.28. The largest absolute Gasteiger partial charge is 0.325 e. The van der Waals surface area contributed by atoms with E-state index in [4.69, 9.17) is 5.73 Å². The van der Waals surface area contributed by atoms with E-state index < -0.39 is 10.0 Å². The van der Waals surface area contributed by atoms with Crippen molar-refractivity contribution in [3.05, 3.63) is 45.7 Å². The van der Waals surface area contributed by atoms with Crippen molar-refractivity contribution in [3.8, 4) is 0 Å². The molecule has 4 N–H and O–H groups in total. The second-order valence-corrected chi connectivity index (χ2v) is 7.29. The number of nitrogens with zero attached hydrogens (tertiary/aromatic N) is 1. The summed E-state index contributed by atoms with van der Waals surface area (Å²) < 4.78 is 28.6. The van der Waals surface area contributed by atoms with Gasteiger partial charge in [0.05, 0.1) is 11.4 Å². The lowest BCUT2D eigenvalue weighted by Gasteiger charge is -2.15. The Hall–Kier alpha value is -1.22. The van der Waals surface area contributed by atoms with Crippen LogP contribution in [0.1, 0.15) is 29.9 Å². The summed E-state index contributed by atoms with van der Waals surface area (Å²) in [5.74, 6) is 0. The number of nitrogens with two attached hydrogens (primary N) is 1. The van der Waals surface area contributed by atoms with Gasteiger partial charge >= 0.3 is 0 Å². The number of rotatable bonds is 5. The molecule has 1 aromatic heterocycles. The van der Waals surface area contributed by atoms with Crippen LogP contribution in [0.4, 0.5) is 0 Å². The van der Waals surface area contributed by atoms with Gasteiger partial charge in [0.1, 0.15) is 4.90 Å². The van der Waals surface area contributed by atoms with Gasteiger partial charge in [-0.15, -0.1) is 0 Å². The summed E-state index contributed by atoms with van der Waals surface area (Å²) in [6, 6.07) is 7.11. The summed E-state index contributed by atoms with van der Waals surface area (Å²) in [6.07, 6.45) is 0. The Kier molecular flexibility index (Phi) is 4.82. The molecule has 0 aliphatic rings. The highest BCUT2D eigenvalue weighted by atomic mass is 79.9. The quantitative estimate of drug-likeness (QED) is 0.746. The van der Waals surface area contributed by atoms with Gasteiger partial charge in [-0.3, -0.25) is 5.10 Å². The minimum absolute atomic E-state index is 0.0627. The van der Waals surface area contributed by atoms with E-state index in [2.05, 4.69) is 30.8 Å². The van der Waals surface area contributed by atoms with E-state index in [1.165, 1.54) is 0 Å². The average molecular weight is 373 g/mol. The van der Waals surface area contributed by atoms with Gasteiger partial charge in [0.25, 0.3) is 0 Å². The molecule has 0 aliphatic heterocycles. The number of nitrogens with one attached hydrogen (secondary N) is 2. The van der Waals surface area contributed by atoms with Gasteiger partial charge < -0.3 is 5.73 Å². The zero-order valence-corrected chi connectivity index (χ0v) is 14.1. The molecule has 0 saturated heterocycles. The maximum absolute atomic E-state index is 12.5. The summed E-state index contributed by atoms with van der Waals surface area (Å²) in [6.45, 7) is 3.51. The van der Waals surface area contributed by atoms with Crippen molar-refractivity contribution in [1.29, 1.82) is 0 Å². The van der Waals surface area contributed by atoms with Gasteiger partial charge in [-0.05, 0) is 31.5 Å². The van der Waals surface area contributed by atoms with E-state index in [9.17, 15) is 8.42 Å². The zero-order valence-electron chi connectivity index (χ0n) is 11.7. The highest BCUT2D eigenvalue weighted by molar-refractivity contribution is 9.10. The Balaban J connectivity index is 2.28. The minimum Gasteiger partial charge on any atom is -0.325 e. The van der Waals surface area contributed by atoms with Crippen molar-refractivity contribution in [2.75, 3.05) is 0 Å². The second-order valence-electron chi connectivity index (χ2n) is 4.72. The van der Waals surface area contributed by atoms with E-state index in [-0.39, 0.29) is 17.5 Å². The van der Waals surface area contributed by atoms with Crippen LogP contribution in [0.5, 0.6) is 0 Å². The van der Waals surface area contributed by atoms with Crippen LogP contribution >= 0.6 is 15.9 Å². The van der Waals surface area contributed by atoms with Crippen molar-refractivity contribution in [2.24, 2.45) is 5.73 Å². The molecule has 0 aliphatic carbocycles. The lowest BCUT2D eigenvalue weighted by atomic mass is 10.1. The fraction of sp³-hybridized carbons (Fsp3) is 0.308. The number of H-pyrrole nitrogens is 1. The first-order valence-electron chi connectivity index (χ1n) is 6.37. The SMILES string of the molecule is Cc1[nH]nc(CN)c1S(=O)(=O)NC(C)c1ccc(Br)cc1. The normalized spacial score (nSPS) is 13.3. The molecular weight excluding hydrogens is 356 g/mol. The predicted molar refractivity (Wildman–Crippen MR) is 84.1 cm³/mol. The number of aromatic amines is 1. The highest BCUT2D eigenvalue weighted by Gasteiger charge is 2.25. The van der Waals surface area contributed by atoms with Crippen molar-refractivity contribution in [2.45, 2.75) is 31.3 Å². The van der Waals surface area contributed by atoms with Crippen LogP contribution in [0.15, 0.2) is 33.6 Å². The van der Waals surface area contributed by atoms with Gasteiger partial charge in [-0.2, -0.15) is 5.10 Å². The van der Waals surface area contributed by atoms with Gasteiger partial charge in [0.2, 0.25) is 10.0 Å². The molecule has 0 amide bonds. The zero-order chi connectivity index (χ0) is 15.6. The summed E-state index contributed by atoms with van der Waals surface area (Å²) in [4.78, 5) is 0.133. The third-order valence-electron chi connectivity index (χ3n) is 3.13. The number of hydrogen-bond acceptors (Lipinski definition) is 4. The van der Waals surface area contributed by atoms with Gasteiger partial charge in [0, 0.05) is 17.1 Å². The number of benzene rings is 1. The van der Waals surface area contributed by atoms with Crippen molar-refractivity contribution < 1.29 is 8.42 Å². The maximum Gasteiger partial charge on any atom is 0.244 e. The number of halogens is 1. The molecular formula is C13H17BrN4O2S. The molecule has 1 atom stereocenters. The maximum atomic E-state index is 12.5. The predicted octanol–water partition coefficient (Wildman–Crippen LogP) is 1.98. The van der Waals surface area contributed by atoms with Crippen molar-refractivity contribution in [3.63, 3.8) is 0 Å². The van der Waals surface area contributed by atoms with E-state index in [0.29, 0.717) is 11.4 Å². The molecule has 6 nitrogen and oxygen atoms in total. The van der Waals surface area contributed by atoms with E-state index in [1.807, 2.05) is 24.3 Å². The fourth-order valence-electron chi connectivity index (χ4n) is 2.08. The number of sulfonamides is 1. The van der Waals surface area contributed by atoms with Gasteiger partial charge in [0.15, 0.2) is 0 Å². The Morgan fingerprint density at radius 2 is 2.00 bits per heavy atom. The highest BCUT2D eigenvalue weighted by Crippen LogP contribution is 2.22. The van der Waals surface area contributed by atoms with Gasteiger partial charge in [-0.25, -0.2) is 13.1 Å². The second kappa shape index (κ2) is 6.27. The van der Waals surface area contributed by atoms with Crippen LogP contribution in [0, 0.1) is 6.92 Å². The Labute approximate surface area is 132 Å². The van der Waals surface area contributed by atoms with Crippen LogP contribution in [0.25, 0.3) is 0 Å². The molecule has 0 fully saturated rings. The third kappa shape index (κ3) is 3.52. The van der Waals surface area contributed by atoms with Crippen LogP contribution in [0.3, 0.4) is 0 Å². The molecule has 1 unspecified atom stereocenters. The number of aryl methyl sites for hydroxylation is 1. The first-order chi connectivity index (χ1) is 9.85. The first-order valence-corrected chi connectivity index (χ1v) is 8.64. The van der Waals surface area contributed by atoms with Crippen molar-refractivity contribution >= 4 is 26.0 Å². The average Bonchev–Trinajstić information content (AvgIpc) is 2.80. The first kappa shape index (κ1) is 16.2. The summed E-state index contributed by atoms with van der Waals surface area (Å²) in [7, 11) is -3.68. The molecule has 114 valence electrons. The topological polar surface area (TPSA) is 101 Å². The van der Waals surface area contributed by atoms with Gasteiger partial charge in [-0.1, -0.05) is 28.1 Å². The molecule has 0 radical (unpaired) electrons. The third-order valence-corrected chi connectivity index (χ3v) is 5.40. The standard InChI is InChI=1S/C13H17BrN4O2S/c1-8(10-3-5-11(14)6-4-10)18-21(19,20)13-9(2)16-17-12(13)7-15/h3-6,8,18H,7,15H2,1-2H3,(H,16,17). The molecule has 0 saturated carbocycles. The fourth-order valence-corrected chi connectivity index (χ4v) is 3.95. The molecule has 1 heterocycles. The lowest BCUT2D eigenvalue weighted by molar-refractivity contribution is 0.565. The van der Waals surface area contributed by atoms with Crippen LogP contribution in [-0.4, -0.2) is 18.6 Å². The van der Waals surface area contributed by atoms with E-state index in [0.717, 1.165) is 10.0 Å². The van der Waals surface area contributed by atoms with Crippen LogP contribution < -0.4 is 10.5 Å². The summed E-state index contributed by atoms with van der Waals surface area (Å²) >= 11 is 3.35.